The second kappa shape index (κ2) is 66.6. The third-order valence-corrected chi connectivity index (χ3v) is 15.2. The molecule has 6 nitrogen and oxygen atoms in total. The lowest BCUT2D eigenvalue weighted by atomic mass is 10.0. The lowest BCUT2D eigenvalue weighted by Gasteiger charge is -2.18. The van der Waals surface area contributed by atoms with Crippen molar-refractivity contribution in [2.75, 3.05) is 13.2 Å². The minimum Gasteiger partial charge on any atom is -0.462 e. The van der Waals surface area contributed by atoms with E-state index in [1.54, 1.807) is 0 Å². The van der Waals surface area contributed by atoms with E-state index in [0.717, 1.165) is 83.5 Å². The lowest BCUT2D eigenvalue weighted by molar-refractivity contribution is -0.167. The fourth-order valence-corrected chi connectivity index (χ4v) is 10.0. The van der Waals surface area contributed by atoms with Crippen LogP contribution in [0, 0.1) is 0 Å². The second-order valence-corrected chi connectivity index (χ2v) is 23.1. The first-order valence-electron chi connectivity index (χ1n) is 34.3. The van der Waals surface area contributed by atoms with Gasteiger partial charge in [-0.2, -0.15) is 0 Å². The lowest BCUT2D eigenvalue weighted by Crippen LogP contribution is -2.30. The molecule has 0 aliphatic rings. The van der Waals surface area contributed by atoms with Crippen molar-refractivity contribution in [2.45, 2.75) is 367 Å². The third kappa shape index (κ3) is 63.9. The summed E-state index contributed by atoms with van der Waals surface area (Å²) in [6.45, 7) is 6.65. The molecule has 0 aromatic rings. The van der Waals surface area contributed by atoms with Crippen LogP contribution in [0.15, 0.2) is 60.8 Å². The number of esters is 3. The minimum atomic E-state index is -0.782. The van der Waals surface area contributed by atoms with Crippen LogP contribution in [-0.4, -0.2) is 37.2 Å². The molecule has 0 N–H and O–H groups in total. The van der Waals surface area contributed by atoms with Gasteiger partial charge in [-0.25, -0.2) is 0 Å². The van der Waals surface area contributed by atoms with E-state index >= 15 is 0 Å². The van der Waals surface area contributed by atoms with E-state index in [9.17, 15) is 14.4 Å². The van der Waals surface area contributed by atoms with Crippen molar-refractivity contribution in [1.82, 2.24) is 0 Å². The van der Waals surface area contributed by atoms with E-state index in [1.807, 2.05) is 0 Å². The first-order chi connectivity index (χ1) is 38.5. The van der Waals surface area contributed by atoms with E-state index in [0.29, 0.717) is 19.3 Å². The predicted molar refractivity (Wildman–Crippen MR) is 339 cm³/mol. The third-order valence-electron chi connectivity index (χ3n) is 15.2. The molecule has 1 atom stereocenters. The monoisotopic (exact) mass is 1090 g/mol. The molecule has 0 rings (SSSR count). The summed E-state index contributed by atoms with van der Waals surface area (Å²) in [4.78, 5) is 38.4. The Kier molecular flexibility index (Phi) is 64.2. The van der Waals surface area contributed by atoms with Crippen LogP contribution in [0.2, 0.25) is 0 Å². The van der Waals surface area contributed by atoms with Crippen LogP contribution in [-0.2, 0) is 28.6 Å². The fourth-order valence-electron chi connectivity index (χ4n) is 10.0. The molecule has 0 amide bonds. The molecule has 0 aliphatic heterocycles. The van der Waals surface area contributed by atoms with Gasteiger partial charge in [-0.3, -0.25) is 14.4 Å². The summed E-state index contributed by atoms with van der Waals surface area (Å²) in [7, 11) is 0. The molecule has 78 heavy (non-hydrogen) atoms. The van der Waals surface area contributed by atoms with Crippen LogP contribution in [0.4, 0.5) is 0 Å². The molecule has 0 saturated heterocycles. The largest absolute Gasteiger partial charge is 0.462 e. The highest BCUT2D eigenvalue weighted by Gasteiger charge is 2.19. The van der Waals surface area contributed by atoms with Crippen molar-refractivity contribution < 1.29 is 28.6 Å². The summed E-state index contributed by atoms with van der Waals surface area (Å²) >= 11 is 0. The van der Waals surface area contributed by atoms with Crippen LogP contribution < -0.4 is 0 Å². The average molecular weight is 1090 g/mol. The van der Waals surface area contributed by atoms with Gasteiger partial charge in [0.2, 0.25) is 0 Å². The molecular weight excluding hydrogens is 961 g/mol. The predicted octanol–water partition coefficient (Wildman–Crippen LogP) is 23.5. The summed E-state index contributed by atoms with van der Waals surface area (Å²) in [5.41, 5.74) is 0. The van der Waals surface area contributed by atoms with E-state index in [1.165, 1.54) is 238 Å². The van der Waals surface area contributed by atoms with Gasteiger partial charge in [0.05, 0.1) is 0 Å². The van der Waals surface area contributed by atoms with Gasteiger partial charge in [-0.1, -0.05) is 293 Å². The number of unbranched alkanes of at least 4 members (excludes halogenated alkanes) is 42. The molecule has 0 bridgehead atoms. The Hall–Kier alpha value is -2.89. The smallest absolute Gasteiger partial charge is 0.306 e. The maximum Gasteiger partial charge on any atom is 0.306 e. The van der Waals surface area contributed by atoms with Crippen molar-refractivity contribution in [3.05, 3.63) is 60.8 Å². The van der Waals surface area contributed by atoms with E-state index < -0.39 is 6.10 Å². The van der Waals surface area contributed by atoms with Gasteiger partial charge in [0.1, 0.15) is 13.2 Å². The van der Waals surface area contributed by atoms with Gasteiger partial charge >= 0.3 is 17.9 Å². The minimum absolute atomic E-state index is 0.0777. The number of rotatable bonds is 63. The SMILES string of the molecule is CCCCCCC/C=C\C/C=C\C/C=C\CCCCCCCCCCCCCCCCC(=O)OCC(COC(=O)CCCCCCC/C=C\CCCCCCCC)OC(=O)CCCCCCC/C=C\CCCCCCCCC. The summed E-state index contributed by atoms with van der Waals surface area (Å²) in [5.74, 6) is -0.876. The zero-order valence-corrected chi connectivity index (χ0v) is 52.2. The molecule has 0 spiro atoms. The molecule has 0 aromatic carbocycles. The van der Waals surface area contributed by atoms with Crippen LogP contribution in [0.5, 0.6) is 0 Å². The zero-order chi connectivity index (χ0) is 56.4. The van der Waals surface area contributed by atoms with Gasteiger partial charge in [0.25, 0.3) is 0 Å². The van der Waals surface area contributed by atoms with Crippen molar-refractivity contribution in [3.8, 4) is 0 Å². The first-order valence-corrected chi connectivity index (χ1v) is 34.3. The maximum absolute atomic E-state index is 12.9. The zero-order valence-electron chi connectivity index (χ0n) is 52.2. The summed E-state index contributed by atoms with van der Waals surface area (Å²) in [5, 5.41) is 0. The van der Waals surface area contributed by atoms with Gasteiger partial charge in [0.15, 0.2) is 6.10 Å². The molecule has 6 heteroatoms. The Morgan fingerprint density at radius 3 is 0.731 bits per heavy atom. The topological polar surface area (TPSA) is 78.9 Å². The molecular formula is C72H130O6. The Bertz CT molecular complexity index is 1390. The maximum atomic E-state index is 12.9. The van der Waals surface area contributed by atoms with Crippen molar-refractivity contribution in [3.63, 3.8) is 0 Å². The van der Waals surface area contributed by atoms with Gasteiger partial charge in [0, 0.05) is 19.3 Å². The number of carbonyl (C=O) groups is 3. The average Bonchev–Trinajstić information content (AvgIpc) is 3.44. The highest BCUT2D eigenvalue weighted by Crippen LogP contribution is 2.17. The molecule has 1 unspecified atom stereocenters. The van der Waals surface area contributed by atoms with E-state index in [4.69, 9.17) is 14.2 Å². The Labute approximate surface area is 485 Å². The van der Waals surface area contributed by atoms with Gasteiger partial charge < -0.3 is 14.2 Å². The van der Waals surface area contributed by atoms with Gasteiger partial charge in [-0.05, 0) is 109 Å². The van der Waals surface area contributed by atoms with Crippen LogP contribution in [0.1, 0.15) is 361 Å². The first kappa shape index (κ1) is 75.1. The van der Waals surface area contributed by atoms with Crippen LogP contribution >= 0.6 is 0 Å². The van der Waals surface area contributed by atoms with Gasteiger partial charge in [-0.15, -0.1) is 0 Å². The Balaban J connectivity index is 4.25. The number of hydrogen-bond donors (Lipinski definition) is 0. The highest BCUT2D eigenvalue weighted by atomic mass is 16.6. The molecule has 0 radical (unpaired) electrons. The summed E-state index contributed by atoms with van der Waals surface area (Å²) in [6, 6.07) is 0. The number of ether oxygens (including phenoxy) is 3. The second-order valence-electron chi connectivity index (χ2n) is 23.1. The fraction of sp³-hybridized carbons (Fsp3) is 0.819. The molecule has 0 saturated carbocycles. The van der Waals surface area contributed by atoms with E-state index in [-0.39, 0.29) is 31.1 Å². The van der Waals surface area contributed by atoms with E-state index in [2.05, 4.69) is 81.5 Å². The standard InChI is InChI=1S/C72H130O6/c1-4-7-10-13-16-19-22-25-28-30-31-32-33-34-35-36-37-38-39-40-41-42-45-47-50-53-56-59-62-65-71(74)77-68-69(67-76-70(73)64-61-58-55-52-49-46-43-27-24-21-18-15-12-9-6-3)78-72(75)66-63-60-57-54-51-48-44-29-26-23-20-17-14-11-8-5-2/h22,25,27,29-31,33-34,43-44,69H,4-21,23-24,26,28,32,35-42,45-68H2,1-3H3/b25-22-,31-30-,34-33-,43-27-,44-29-. The Morgan fingerprint density at radius 2 is 0.462 bits per heavy atom. The number of hydrogen-bond acceptors (Lipinski definition) is 6. The van der Waals surface area contributed by atoms with Crippen molar-refractivity contribution >= 4 is 17.9 Å². The molecule has 0 aliphatic carbocycles. The molecule has 0 fully saturated rings. The molecule has 0 aromatic heterocycles. The number of carbonyl (C=O) groups excluding carboxylic acids is 3. The van der Waals surface area contributed by atoms with Crippen molar-refractivity contribution in [1.29, 1.82) is 0 Å². The normalized spacial score (nSPS) is 12.4. The highest BCUT2D eigenvalue weighted by molar-refractivity contribution is 5.71. The Morgan fingerprint density at radius 1 is 0.256 bits per heavy atom. The van der Waals surface area contributed by atoms with Crippen LogP contribution in [0.25, 0.3) is 0 Å². The number of allylic oxidation sites excluding steroid dienone is 10. The summed E-state index contributed by atoms with van der Waals surface area (Å²) in [6.07, 6.45) is 85.3. The van der Waals surface area contributed by atoms with Crippen molar-refractivity contribution in [2.24, 2.45) is 0 Å². The van der Waals surface area contributed by atoms with Crippen LogP contribution in [0.3, 0.4) is 0 Å². The molecule has 454 valence electrons. The molecule has 0 heterocycles. The quantitative estimate of drug-likeness (QED) is 0.0261. The summed E-state index contributed by atoms with van der Waals surface area (Å²) < 4.78 is 16.9.